The quantitative estimate of drug-likeness (QED) is 0.813. The molecule has 0 fully saturated rings. The van der Waals surface area contributed by atoms with Crippen LogP contribution in [0.15, 0.2) is 6.07 Å². The van der Waals surface area contributed by atoms with Crippen molar-refractivity contribution in [2.24, 2.45) is 0 Å². The van der Waals surface area contributed by atoms with Crippen LogP contribution in [0.2, 0.25) is 10.0 Å². The molecule has 0 aliphatic carbocycles. The predicted octanol–water partition coefficient (Wildman–Crippen LogP) is 2.94. The van der Waals surface area contributed by atoms with Crippen LogP contribution in [0.25, 0.3) is 11.0 Å². The second-order valence-electron chi connectivity index (χ2n) is 3.23. The molecule has 0 saturated heterocycles. The molecule has 0 atom stereocenters. The van der Waals surface area contributed by atoms with E-state index in [1.54, 1.807) is 6.92 Å². The lowest BCUT2D eigenvalue weighted by molar-refractivity contribution is -0.145. The van der Waals surface area contributed by atoms with E-state index in [9.17, 15) is 4.79 Å². The number of hydrogen-bond acceptors (Lipinski definition) is 6. The van der Waals surface area contributed by atoms with Crippen molar-refractivity contribution in [3.05, 3.63) is 16.1 Å². The number of carbonyl (C=O) groups is 1. The van der Waals surface area contributed by atoms with Crippen LogP contribution in [0.4, 0.5) is 0 Å². The smallest absolute Gasteiger partial charge is 0.344 e. The van der Waals surface area contributed by atoms with Crippen LogP contribution in [-0.4, -0.2) is 27.9 Å². The highest BCUT2D eigenvalue weighted by molar-refractivity contribution is 7.00. The molecule has 8 heteroatoms. The lowest BCUT2D eigenvalue weighted by Crippen LogP contribution is -2.14. The average Bonchev–Trinajstić information content (AvgIpc) is 2.82. The van der Waals surface area contributed by atoms with Gasteiger partial charge in [-0.2, -0.15) is 8.75 Å². The van der Waals surface area contributed by atoms with Crippen molar-refractivity contribution >= 4 is 51.9 Å². The van der Waals surface area contributed by atoms with Gasteiger partial charge in [-0.1, -0.05) is 23.2 Å². The fourth-order valence-corrected chi connectivity index (χ4v) is 2.29. The number of nitrogens with zero attached hydrogens (tertiary/aromatic N) is 2. The van der Waals surface area contributed by atoms with E-state index in [1.807, 2.05) is 0 Å². The van der Waals surface area contributed by atoms with E-state index in [2.05, 4.69) is 8.75 Å². The summed E-state index contributed by atoms with van der Waals surface area (Å²) in [4.78, 5) is 11.2. The Morgan fingerprint density at radius 3 is 2.83 bits per heavy atom. The Morgan fingerprint density at radius 1 is 1.39 bits per heavy atom. The summed E-state index contributed by atoms with van der Waals surface area (Å²) < 4.78 is 18.1. The first-order valence-electron chi connectivity index (χ1n) is 5.02. The van der Waals surface area contributed by atoms with Gasteiger partial charge >= 0.3 is 5.97 Å². The minimum atomic E-state index is -0.458. The fourth-order valence-electron chi connectivity index (χ4n) is 1.30. The zero-order chi connectivity index (χ0) is 13.1. The number of hydrogen-bond donors (Lipinski definition) is 0. The molecule has 0 bridgehead atoms. The van der Waals surface area contributed by atoms with Gasteiger partial charge in [-0.05, 0) is 6.92 Å². The molecular formula is C10H8Cl2N2O3S. The number of aromatic nitrogens is 2. The summed E-state index contributed by atoms with van der Waals surface area (Å²) in [7, 11) is 0. The van der Waals surface area contributed by atoms with Crippen LogP contribution in [0.1, 0.15) is 6.92 Å². The average molecular weight is 307 g/mol. The monoisotopic (exact) mass is 306 g/mol. The Morgan fingerprint density at radius 2 is 2.11 bits per heavy atom. The van der Waals surface area contributed by atoms with E-state index >= 15 is 0 Å². The summed E-state index contributed by atoms with van der Waals surface area (Å²) in [6.45, 7) is 1.81. The Kier molecular flexibility index (Phi) is 4.21. The highest BCUT2D eigenvalue weighted by Gasteiger charge is 2.15. The molecule has 0 aliphatic rings. The van der Waals surface area contributed by atoms with E-state index in [0.29, 0.717) is 33.4 Å². The van der Waals surface area contributed by atoms with E-state index in [4.69, 9.17) is 32.7 Å². The Balaban J connectivity index is 2.25. The summed E-state index contributed by atoms with van der Waals surface area (Å²) in [5.41, 5.74) is 0.951. The molecule has 0 spiro atoms. The molecule has 2 rings (SSSR count). The number of benzene rings is 1. The first-order chi connectivity index (χ1) is 8.63. The number of ether oxygens (including phenoxy) is 2. The molecule has 1 aromatic heterocycles. The van der Waals surface area contributed by atoms with Crippen molar-refractivity contribution in [2.75, 3.05) is 13.2 Å². The third kappa shape index (κ3) is 2.66. The molecule has 1 heterocycles. The summed E-state index contributed by atoms with van der Waals surface area (Å²) in [5, 5.41) is 0.625. The van der Waals surface area contributed by atoms with Crippen molar-refractivity contribution < 1.29 is 14.3 Å². The summed E-state index contributed by atoms with van der Waals surface area (Å²) in [6, 6.07) is 1.51. The van der Waals surface area contributed by atoms with E-state index in [-0.39, 0.29) is 6.61 Å². The van der Waals surface area contributed by atoms with Crippen molar-refractivity contribution in [1.82, 2.24) is 8.75 Å². The minimum Gasteiger partial charge on any atom is -0.479 e. The SMILES string of the molecule is CCOC(=O)COc1cc(Cl)c(Cl)c2nsnc12. The predicted molar refractivity (Wildman–Crippen MR) is 69.6 cm³/mol. The molecule has 0 unspecified atom stereocenters. The standard InChI is InChI=1S/C10H8Cl2N2O3S/c1-2-16-7(15)4-17-6-3-5(11)8(12)10-9(6)13-18-14-10/h3H,2,4H2,1H3. The lowest BCUT2D eigenvalue weighted by Gasteiger charge is -2.07. The first-order valence-corrected chi connectivity index (χ1v) is 6.50. The summed E-state index contributed by atoms with van der Waals surface area (Å²) in [5.74, 6) is -0.0962. The van der Waals surface area contributed by atoms with Crippen molar-refractivity contribution in [3.63, 3.8) is 0 Å². The molecule has 0 radical (unpaired) electrons. The van der Waals surface area contributed by atoms with Gasteiger partial charge in [0.05, 0.1) is 28.4 Å². The van der Waals surface area contributed by atoms with Crippen LogP contribution in [0.3, 0.4) is 0 Å². The van der Waals surface area contributed by atoms with Gasteiger partial charge < -0.3 is 9.47 Å². The molecule has 5 nitrogen and oxygen atoms in total. The van der Waals surface area contributed by atoms with E-state index in [0.717, 1.165) is 11.7 Å². The molecule has 0 aliphatic heterocycles. The van der Waals surface area contributed by atoms with Crippen molar-refractivity contribution in [1.29, 1.82) is 0 Å². The first kappa shape index (κ1) is 13.3. The molecule has 2 aromatic rings. The molecule has 0 N–H and O–H groups in total. The normalized spacial score (nSPS) is 10.6. The largest absolute Gasteiger partial charge is 0.479 e. The highest BCUT2D eigenvalue weighted by Crippen LogP contribution is 2.36. The minimum absolute atomic E-state index is 0.210. The fraction of sp³-hybridized carbons (Fsp3) is 0.300. The molecule has 96 valence electrons. The molecule has 1 aromatic carbocycles. The van der Waals surface area contributed by atoms with Crippen molar-refractivity contribution in [2.45, 2.75) is 6.92 Å². The van der Waals surface area contributed by atoms with Gasteiger partial charge in [-0.25, -0.2) is 4.79 Å². The third-order valence-electron chi connectivity index (χ3n) is 2.05. The van der Waals surface area contributed by atoms with Crippen LogP contribution in [0.5, 0.6) is 5.75 Å². The number of carbonyl (C=O) groups excluding carboxylic acids is 1. The number of rotatable bonds is 4. The van der Waals surface area contributed by atoms with Gasteiger partial charge in [0.2, 0.25) is 0 Å². The summed E-state index contributed by atoms with van der Waals surface area (Å²) in [6.07, 6.45) is 0. The van der Waals surface area contributed by atoms with Crippen LogP contribution in [-0.2, 0) is 9.53 Å². The molecule has 0 saturated carbocycles. The number of halogens is 2. The number of fused-ring (bicyclic) bond motifs is 1. The zero-order valence-corrected chi connectivity index (χ0v) is 11.6. The second-order valence-corrected chi connectivity index (χ2v) is 4.54. The van der Waals surface area contributed by atoms with Gasteiger partial charge in [-0.3, -0.25) is 0 Å². The Bertz CT molecular complexity index is 588. The molecule has 18 heavy (non-hydrogen) atoms. The molecular weight excluding hydrogens is 299 g/mol. The van der Waals surface area contributed by atoms with Crippen LogP contribution < -0.4 is 4.74 Å². The van der Waals surface area contributed by atoms with E-state index in [1.165, 1.54) is 6.07 Å². The van der Waals surface area contributed by atoms with Crippen molar-refractivity contribution in [3.8, 4) is 5.75 Å². The Hall–Kier alpha value is -1.11. The maximum atomic E-state index is 11.2. The van der Waals surface area contributed by atoms with Gasteiger partial charge in [0.15, 0.2) is 12.4 Å². The summed E-state index contributed by atoms with van der Waals surface area (Å²) >= 11 is 12.9. The second kappa shape index (κ2) is 5.69. The van der Waals surface area contributed by atoms with Gasteiger partial charge in [-0.15, -0.1) is 0 Å². The van der Waals surface area contributed by atoms with Gasteiger partial charge in [0, 0.05) is 6.07 Å². The van der Waals surface area contributed by atoms with Crippen LogP contribution >= 0.6 is 34.9 Å². The lowest BCUT2D eigenvalue weighted by atomic mass is 10.3. The molecule has 0 amide bonds. The maximum absolute atomic E-state index is 11.2. The topological polar surface area (TPSA) is 61.3 Å². The highest BCUT2D eigenvalue weighted by atomic mass is 35.5. The van der Waals surface area contributed by atoms with Gasteiger partial charge in [0.25, 0.3) is 0 Å². The zero-order valence-electron chi connectivity index (χ0n) is 9.27. The van der Waals surface area contributed by atoms with E-state index < -0.39 is 5.97 Å². The Labute approximate surface area is 117 Å². The maximum Gasteiger partial charge on any atom is 0.344 e. The third-order valence-corrected chi connectivity index (χ3v) is 3.35. The number of esters is 1. The van der Waals surface area contributed by atoms with Crippen LogP contribution in [0, 0.1) is 0 Å². The van der Waals surface area contributed by atoms with Gasteiger partial charge in [0.1, 0.15) is 11.0 Å².